The van der Waals surface area contributed by atoms with Crippen molar-refractivity contribution < 1.29 is 69.9 Å². The number of amides is 4. The van der Waals surface area contributed by atoms with Crippen LogP contribution in [0.15, 0.2) is 0 Å². The molecule has 0 saturated heterocycles. The highest BCUT2D eigenvalue weighted by Gasteiger charge is 2.50. The molecule has 0 aromatic heterocycles. The van der Waals surface area contributed by atoms with Crippen LogP contribution in [-0.2, 0) is 24.0 Å². The molecule has 2 saturated carbocycles. The molecule has 2 fully saturated rings. The van der Waals surface area contributed by atoms with E-state index >= 15 is 0 Å². The second kappa shape index (κ2) is 18.3. The Hall–Kier alpha value is -2.27. The monoisotopic (exact) mass is 742 g/mol. The molecule has 0 bridgehead atoms. The Kier molecular flexibility index (Phi) is 16.0. The molecule has 49 heavy (non-hydrogen) atoms. The van der Waals surface area contributed by atoms with Crippen molar-refractivity contribution in [2.75, 3.05) is 18.8 Å². The van der Waals surface area contributed by atoms with E-state index in [2.05, 4.69) is 21.3 Å². The molecular formula is C29H50N4O14S2. The predicted molar refractivity (Wildman–Crippen MR) is 176 cm³/mol. The molecule has 0 aromatic rings. The van der Waals surface area contributed by atoms with Crippen LogP contribution >= 0.6 is 21.6 Å². The maximum Gasteiger partial charge on any atom is 0.322 e. The van der Waals surface area contributed by atoms with Gasteiger partial charge in [0, 0.05) is 42.7 Å². The van der Waals surface area contributed by atoms with Crippen molar-refractivity contribution in [2.45, 2.75) is 130 Å². The van der Waals surface area contributed by atoms with E-state index in [-0.39, 0.29) is 36.3 Å². The molecule has 282 valence electrons. The summed E-state index contributed by atoms with van der Waals surface area (Å²) < 4.78 is -0.228. The van der Waals surface area contributed by atoms with Crippen LogP contribution in [0.25, 0.3) is 0 Å². The van der Waals surface area contributed by atoms with E-state index in [1.807, 2.05) is 20.8 Å². The van der Waals surface area contributed by atoms with Crippen LogP contribution in [0.4, 0.5) is 0 Å². The van der Waals surface area contributed by atoms with Gasteiger partial charge in [-0.15, -0.1) is 0 Å². The molecular weight excluding hydrogens is 692 g/mol. The molecule has 2 rings (SSSR count). The quantitative estimate of drug-likeness (QED) is 0.0527. The SMILES string of the molecule is CC(C)(C)SSC[C@H](NC(=O)[C@H](CCCCNC(=O)C1(O)C[C@@H](O)C(O)[C@H](O)C1)NC(=O)C1(O)C[C@@H](O)C(O)[C@H](O)C1)C(=O)NCC(=O)O. The number of carboxylic acids is 1. The number of hydrogen-bond acceptors (Lipinski definition) is 15. The van der Waals surface area contributed by atoms with Gasteiger partial charge in [-0.1, -0.05) is 42.4 Å². The Bertz CT molecular complexity index is 1150. The zero-order chi connectivity index (χ0) is 37.3. The lowest BCUT2D eigenvalue weighted by molar-refractivity contribution is -0.173. The van der Waals surface area contributed by atoms with E-state index in [1.54, 1.807) is 0 Å². The van der Waals surface area contributed by atoms with Gasteiger partial charge in [0.15, 0.2) is 0 Å². The maximum absolute atomic E-state index is 13.5. The summed E-state index contributed by atoms with van der Waals surface area (Å²) in [7, 11) is 2.65. The lowest BCUT2D eigenvalue weighted by Gasteiger charge is -2.39. The Morgan fingerprint density at radius 1 is 0.714 bits per heavy atom. The summed E-state index contributed by atoms with van der Waals surface area (Å²) in [5, 5.41) is 99.6. The molecule has 0 aromatic carbocycles. The largest absolute Gasteiger partial charge is 0.480 e. The molecule has 13 N–H and O–H groups in total. The van der Waals surface area contributed by atoms with Gasteiger partial charge in [-0.3, -0.25) is 24.0 Å². The molecule has 0 radical (unpaired) electrons. The second-order valence-electron chi connectivity index (χ2n) is 13.6. The van der Waals surface area contributed by atoms with Gasteiger partial charge in [-0.05, 0) is 19.3 Å². The van der Waals surface area contributed by atoms with Gasteiger partial charge in [0.1, 0.15) is 42.0 Å². The Balaban J connectivity index is 2.15. The van der Waals surface area contributed by atoms with E-state index in [4.69, 9.17) is 5.11 Å². The summed E-state index contributed by atoms with van der Waals surface area (Å²) in [4.78, 5) is 63.3. The first-order valence-corrected chi connectivity index (χ1v) is 18.1. The molecule has 2 aliphatic carbocycles. The van der Waals surface area contributed by atoms with Crippen LogP contribution < -0.4 is 21.3 Å². The van der Waals surface area contributed by atoms with Crippen molar-refractivity contribution in [1.29, 1.82) is 0 Å². The number of carboxylic acid groups (broad SMARTS) is 1. The number of aliphatic hydroxyl groups excluding tert-OH is 6. The van der Waals surface area contributed by atoms with E-state index in [0.29, 0.717) is 0 Å². The summed E-state index contributed by atoms with van der Waals surface area (Å²) >= 11 is 0. The van der Waals surface area contributed by atoms with Crippen molar-refractivity contribution in [3.8, 4) is 0 Å². The topological polar surface area (TPSA) is 316 Å². The van der Waals surface area contributed by atoms with Gasteiger partial charge in [0.05, 0.1) is 24.4 Å². The zero-order valence-electron chi connectivity index (χ0n) is 27.6. The third-order valence-corrected chi connectivity index (χ3v) is 11.4. The fourth-order valence-corrected chi connectivity index (χ4v) is 7.80. The van der Waals surface area contributed by atoms with Crippen molar-refractivity contribution in [3.63, 3.8) is 0 Å². The van der Waals surface area contributed by atoms with Gasteiger partial charge in [-0.25, -0.2) is 0 Å². The maximum atomic E-state index is 13.5. The number of unbranched alkanes of at least 4 members (excludes halogenated alkanes) is 1. The first-order chi connectivity index (χ1) is 22.6. The van der Waals surface area contributed by atoms with Gasteiger partial charge in [-0.2, -0.15) is 0 Å². The molecule has 0 unspecified atom stereocenters. The zero-order valence-corrected chi connectivity index (χ0v) is 29.2. The summed E-state index contributed by atoms with van der Waals surface area (Å²) in [6, 6.07) is -2.67. The van der Waals surface area contributed by atoms with Gasteiger partial charge in [0.25, 0.3) is 11.8 Å². The van der Waals surface area contributed by atoms with Crippen molar-refractivity contribution in [3.05, 3.63) is 0 Å². The predicted octanol–water partition coefficient (Wildman–Crippen LogP) is -4.16. The standard InChI is InChI=1S/C29H50N4O14S2/c1-27(2,3)49-48-13-15(23(42)31-12-20(38)39)32-24(43)14(33-26(45)29(47)10-18(36)22(41)19(37)11-29)6-4-5-7-30-25(44)28(46)8-16(34)21(40)17(35)9-28/h14-19,21-22,34-37,40-41,46-47H,4-13H2,1-3H3,(H,30,44)(H,31,42)(H,32,43)(H,33,45)(H,38,39)/t14-,15-,16+,17+,18+,19+,21?,22?,28?,29?/m0/s1. The van der Waals surface area contributed by atoms with E-state index in [9.17, 15) is 64.8 Å². The average molecular weight is 743 g/mol. The minimum absolute atomic E-state index is 0.00930. The third kappa shape index (κ3) is 13.1. The van der Waals surface area contributed by atoms with Crippen LogP contribution in [0, 0.1) is 0 Å². The highest BCUT2D eigenvalue weighted by atomic mass is 33.1. The Morgan fingerprint density at radius 3 is 1.67 bits per heavy atom. The van der Waals surface area contributed by atoms with Crippen LogP contribution in [0.5, 0.6) is 0 Å². The van der Waals surface area contributed by atoms with Crippen LogP contribution in [0.3, 0.4) is 0 Å². The minimum Gasteiger partial charge on any atom is -0.480 e. The van der Waals surface area contributed by atoms with E-state index in [1.165, 1.54) is 21.6 Å². The molecule has 2 aliphatic rings. The first kappa shape index (κ1) is 42.9. The number of aliphatic hydroxyl groups is 8. The molecule has 0 heterocycles. The second-order valence-corrected chi connectivity index (χ2v) is 16.7. The van der Waals surface area contributed by atoms with E-state index < -0.39 is 122 Å². The molecule has 6 atom stereocenters. The van der Waals surface area contributed by atoms with Crippen molar-refractivity contribution in [1.82, 2.24) is 21.3 Å². The number of aliphatic carboxylic acids is 1. The summed E-state index contributed by atoms with van der Waals surface area (Å²) in [5.41, 5.74) is -4.52. The number of carbonyl (C=O) groups is 5. The highest BCUT2D eigenvalue weighted by molar-refractivity contribution is 8.77. The van der Waals surface area contributed by atoms with Crippen LogP contribution in [0.2, 0.25) is 0 Å². The number of rotatable bonds is 16. The molecule has 18 nitrogen and oxygen atoms in total. The molecule has 4 amide bonds. The summed E-state index contributed by atoms with van der Waals surface area (Å²) in [6.07, 6.45) is -11.7. The number of nitrogens with one attached hydrogen (secondary N) is 4. The Morgan fingerprint density at radius 2 is 1.20 bits per heavy atom. The highest BCUT2D eigenvalue weighted by Crippen LogP contribution is 2.35. The molecule has 0 spiro atoms. The average Bonchev–Trinajstić information content (AvgIpc) is 2.98. The van der Waals surface area contributed by atoms with Crippen LogP contribution in [0.1, 0.15) is 65.7 Å². The fourth-order valence-electron chi connectivity index (χ4n) is 5.34. The van der Waals surface area contributed by atoms with Crippen LogP contribution in [-0.4, -0.2) is 159 Å². The lowest BCUT2D eigenvalue weighted by atomic mass is 9.79. The summed E-state index contributed by atoms with van der Waals surface area (Å²) in [5.74, 6) is -5.04. The van der Waals surface area contributed by atoms with E-state index in [0.717, 1.165) is 0 Å². The molecule has 0 aliphatic heterocycles. The fraction of sp³-hybridized carbons (Fsp3) is 0.828. The third-order valence-electron chi connectivity index (χ3n) is 8.03. The summed E-state index contributed by atoms with van der Waals surface area (Å²) in [6.45, 7) is 5.00. The van der Waals surface area contributed by atoms with Gasteiger partial charge >= 0.3 is 5.97 Å². The number of carbonyl (C=O) groups excluding carboxylic acids is 4. The Labute approximate surface area is 291 Å². The lowest BCUT2D eigenvalue weighted by Crippen LogP contribution is -2.62. The van der Waals surface area contributed by atoms with Crippen molar-refractivity contribution in [2.24, 2.45) is 0 Å². The molecule has 20 heteroatoms. The van der Waals surface area contributed by atoms with Gasteiger partial charge in [0.2, 0.25) is 11.8 Å². The first-order valence-electron chi connectivity index (χ1n) is 15.8. The normalized spacial score (nSPS) is 31.6. The smallest absolute Gasteiger partial charge is 0.322 e. The van der Waals surface area contributed by atoms with Gasteiger partial charge < -0.3 is 67.2 Å². The number of hydrogen-bond donors (Lipinski definition) is 13. The van der Waals surface area contributed by atoms with Crippen molar-refractivity contribution >= 4 is 51.2 Å². The minimum atomic E-state index is -2.37.